The third kappa shape index (κ3) is 3.14. The second kappa shape index (κ2) is 5.51. The van der Waals surface area contributed by atoms with Crippen molar-refractivity contribution in [3.63, 3.8) is 0 Å². The van der Waals surface area contributed by atoms with E-state index in [1.54, 1.807) is 0 Å². The molecule has 126 valence electrons. The first-order valence-corrected chi connectivity index (χ1v) is 7.05. The van der Waals surface area contributed by atoms with Gasteiger partial charge in [-0.3, -0.25) is 0 Å². The second-order valence-electron chi connectivity index (χ2n) is 3.72. The summed E-state index contributed by atoms with van der Waals surface area (Å²) < 4.78 is 136. The van der Waals surface area contributed by atoms with E-state index in [0.717, 1.165) is 0 Å². The van der Waals surface area contributed by atoms with Crippen LogP contribution in [-0.2, 0) is 10.2 Å². The Hall–Kier alpha value is -1.11. The molecule has 0 aromatic heterocycles. The fourth-order valence-corrected chi connectivity index (χ4v) is 2.41. The van der Waals surface area contributed by atoms with Gasteiger partial charge in [-0.25, -0.2) is 8.78 Å². The highest BCUT2D eigenvalue weighted by Crippen LogP contribution is 2.55. The number of alkyl halides is 6. The van der Waals surface area contributed by atoms with Crippen LogP contribution in [-0.4, -0.2) is 24.8 Å². The Balaban J connectivity index is 3.27. The molecule has 0 fully saturated rings. The van der Waals surface area contributed by atoms with E-state index in [1.807, 2.05) is 0 Å². The standard InChI is InChI=1S/C9H3F9O2S2/c10-4-1-2-6(5(11)3-4)21-8(14,15)7(12,13)9(16,17)22(18,19)20/h1-3H. The number of thioether (sulfide) groups is 1. The van der Waals surface area contributed by atoms with Crippen molar-refractivity contribution >= 4 is 22.0 Å². The van der Waals surface area contributed by atoms with Crippen LogP contribution in [0.1, 0.15) is 0 Å². The zero-order chi connectivity index (χ0) is 17.6. The zero-order valence-corrected chi connectivity index (χ0v) is 11.4. The lowest BCUT2D eigenvalue weighted by Gasteiger charge is -2.29. The largest absolute Gasteiger partial charge is 0.443 e. The van der Waals surface area contributed by atoms with Gasteiger partial charge in [0, 0.05) is 11.0 Å². The smallest absolute Gasteiger partial charge is 0.207 e. The van der Waals surface area contributed by atoms with E-state index in [0.29, 0.717) is 6.07 Å². The summed E-state index contributed by atoms with van der Waals surface area (Å²) in [6.45, 7) is 0. The highest BCUT2D eigenvalue weighted by Gasteiger charge is 2.78. The molecule has 0 bridgehead atoms. The van der Waals surface area contributed by atoms with Crippen LogP contribution in [0.4, 0.5) is 39.0 Å². The molecule has 0 aliphatic carbocycles. The summed E-state index contributed by atoms with van der Waals surface area (Å²) in [5, 5.41) is -12.7. The molecule has 0 heterocycles. The molecule has 0 amide bonds. The van der Waals surface area contributed by atoms with Crippen molar-refractivity contribution in [1.82, 2.24) is 0 Å². The number of rotatable bonds is 5. The normalized spacial score (nSPS) is 14.2. The van der Waals surface area contributed by atoms with Crippen molar-refractivity contribution in [2.45, 2.75) is 21.3 Å². The molecule has 0 saturated carbocycles. The topological polar surface area (TPSA) is 34.1 Å². The highest BCUT2D eigenvalue weighted by molar-refractivity contribution is 8.00. The third-order valence-corrected chi connectivity index (χ3v) is 4.10. The average molecular weight is 378 g/mol. The summed E-state index contributed by atoms with van der Waals surface area (Å²) in [6.07, 6.45) is 0. The Kier molecular flexibility index (Phi) is 4.74. The number of hydrogen-bond acceptors (Lipinski definition) is 3. The van der Waals surface area contributed by atoms with Crippen LogP contribution in [0.5, 0.6) is 0 Å². The zero-order valence-electron chi connectivity index (χ0n) is 9.77. The van der Waals surface area contributed by atoms with Crippen molar-refractivity contribution in [1.29, 1.82) is 0 Å². The molecule has 13 heteroatoms. The molecule has 0 aliphatic rings. The average Bonchev–Trinajstić information content (AvgIpc) is 2.30. The van der Waals surface area contributed by atoms with Gasteiger partial charge in [-0.15, -0.1) is 0 Å². The summed E-state index contributed by atoms with van der Waals surface area (Å²) >= 11 is -1.50. The van der Waals surface area contributed by atoms with Gasteiger partial charge in [-0.05, 0) is 23.9 Å². The number of benzene rings is 1. The molecule has 0 radical (unpaired) electrons. The minimum Gasteiger partial charge on any atom is -0.207 e. The third-order valence-electron chi connectivity index (χ3n) is 2.17. The molecule has 0 aliphatic heterocycles. The van der Waals surface area contributed by atoms with Gasteiger partial charge in [0.2, 0.25) is 0 Å². The summed E-state index contributed by atoms with van der Waals surface area (Å²) in [5.41, 5.74) is 0. The quantitative estimate of drug-likeness (QED) is 0.438. The van der Waals surface area contributed by atoms with E-state index in [9.17, 15) is 47.4 Å². The summed E-state index contributed by atoms with van der Waals surface area (Å²) in [6, 6.07) is 0.603. The van der Waals surface area contributed by atoms with Crippen LogP contribution >= 0.6 is 11.8 Å². The van der Waals surface area contributed by atoms with Gasteiger partial charge in [0.05, 0.1) is 0 Å². The maximum absolute atomic E-state index is 13.2. The van der Waals surface area contributed by atoms with Crippen LogP contribution in [0.15, 0.2) is 23.1 Å². The molecule has 1 rings (SSSR count). The van der Waals surface area contributed by atoms with E-state index < -0.39 is 54.9 Å². The Bertz CT molecular complexity index is 672. The molecule has 0 N–H and O–H groups in total. The van der Waals surface area contributed by atoms with E-state index in [1.165, 1.54) is 0 Å². The second-order valence-corrected chi connectivity index (χ2v) is 6.27. The van der Waals surface area contributed by atoms with Gasteiger partial charge in [-0.2, -0.15) is 34.8 Å². The first kappa shape index (κ1) is 18.9. The Morgan fingerprint density at radius 2 is 1.45 bits per heavy atom. The molecule has 1 aromatic carbocycles. The molecule has 0 atom stereocenters. The van der Waals surface area contributed by atoms with Crippen LogP contribution < -0.4 is 0 Å². The minimum absolute atomic E-state index is 0.000591. The SMILES string of the molecule is O=S(=O)(F)C(F)(F)C(F)(F)C(F)(F)Sc1ccc(F)cc1F. The summed E-state index contributed by atoms with van der Waals surface area (Å²) in [5.74, 6) is -9.76. The van der Waals surface area contributed by atoms with Crippen molar-refractivity contribution < 1.29 is 47.4 Å². The summed E-state index contributed by atoms with van der Waals surface area (Å²) in [4.78, 5) is -1.38. The fourth-order valence-electron chi connectivity index (χ4n) is 1.08. The van der Waals surface area contributed by atoms with Crippen LogP contribution in [0.25, 0.3) is 0 Å². The molecular formula is C9H3F9O2S2. The molecule has 0 saturated heterocycles. The van der Waals surface area contributed by atoms with Gasteiger partial charge in [0.25, 0.3) is 0 Å². The lowest BCUT2D eigenvalue weighted by molar-refractivity contribution is -0.241. The van der Waals surface area contributed by atoms with Crippen molar-refractivity contribution in [3.05, 3.63) is 29.8 Å². The maximum Gasteiger partial charge on any atom is 0.443 e. The Morgan fingerprint density at radius 3 is 1.86 bits per heavy atom. The van der Waals surface area contributed by atoms with Gasteiger partial charge >= 0.3 is 26.7 Å². The van der Waals surface area contributed by atoms with Crippen molar-refractivity contribution in [3.8, 4) is 0 Å². The predicted octanol–water partition coefficient (Wildman–Crippen LogP) is 4.18. The maximum atomic E-state index is 13.2. The highest BCUT2D eigenvalue weighted by atomic mass is 32.3. The molecular weight excluding hydrogens is 375 g/mol. The molecule has 22 heavy (non-hydrogen) atoms. The van der Waals surface area contributed by atoms with Gasteiger partial charge < -0.3 is 0 Å². The monoisotopic (exact) mass is 378 g/mol. The fraction of sp³-hybridized carbons (Fsp3) is 0.333. The van der Waals surface area contributed by atoms with Crippen LogP contribution in [0, 0.1) is 11.6 Å². The lowest BCUT2D eigenvalue weighted by atomic mass is 10.3. The molecule has 1 aromatic rings. The lowest BCUT2D eigenvalue weighted by Crippen LogP contribution is -2.55. The number of halogens is 9. The first-order valence-electron chi connectivity index (χ1n) is 4.85. The van der Waals surface area contributed by atoms with Gasteiger partial charge in [0.15, 0.2) is 0 Å². The van der Waals surface area contributed by atoms with Crippen molar-refractivity contribution in [2.24, 2.45) is 0 Å². The molecule has 0 spiro atoms. The van der Waals surface area contributed by atoms with Crippen LogP contribution in [0.3, 0.4) is 0 Å². The van der Waals surface area contributed by atoms with Crippen LogP contribution in [0.2, 0.25) is 0 Å². The van der Waals surface area contributed by atoms with Gasteiger partial charge in [0.1, 0.15) is 11.6 Å². The first-order chi connectivity index (χ1) is 9.63. The van der Waals surface area contributed by atoms with E-state index in [-0.39, 0.29) is 12.1 Å². The van der Waals surface area contributed by atoms with Crippen molar-refractivity contribution in [2.75, 3.05) is 0 Å². The Labute approximate surface area is 121 Å². The Morgan fingerprint density at radius 1 is 0.955 bits per heavy atom. The summed E-state index contributed by atoms with van der Waals surface area (Å²) in [7, 11) is -7.38. The van der Waals surface area contributed by atoms with E-state index >= 15 is 0 Å². The molecule has 0 unspecified atom stereocenters. The minimum atomic E-state index is -7.38. The van der Waals surface area contributed by atoms with E-state index in [4.69, 9.17) is 0 Å². The number of hydrogen-bond donors (Lipinski definition) is 0. The predicted molar refractivity (Wildman–Crippen MR) is 57.1 cm³/mol. The molecule has 2 nitrogen and oxygen atoms in total. The van der Waals surface area contributed by atoms with Gasteiger partial charge in [-0.1, -0.05) is 3.89 Å². The van der Waals surface area contributed by atoms with E-state index in [2.05, 4.69) is 0 Å².